The molecule has 0 bridgehead atoms. The summed E-state index contributed by atoms with van der Waals surface area (Å²) in [7, 11) is 0. The van der Waals surface area contributed by atoms with Gasteiger partial charge in [0, 0.05) is 6.42 Å². The topological polar surface area (TPSA) is 75.1 Å². The zero-order valence-corrected chi connectivity index (χ0v) is 8.97. The Morgan fingerprint density at radius 3 is 2.86 bits per heavy atom. The smallest absolute Gasteiger partial charge is 0.226 e. The van der Waals surface area contributed by atoms with Crippen LogP contribution < -0.4 is 5.32 Å². The van der Waals surface area contributed by atoms with Crippen molar-refractivity contribution in [2.45, 2.75) is 32.8 Å². The Hall–Kier alpha value is -1.01. The monoisotopic (exact) mass is 215 g/mol. The fourth-order valence-electron chi connectivity index (χ4n) is 0.869. The van der Waals surface area contributed by atoms with Gasteiger partial charge in [0.25, 0.3) is 0 Å². The van der Waals surface area contributed by atoms with E-state index in [-0.39, 0.29) is 5.91 Å². The van der Waals surface area contributed by atoms with E-state index in [2.05, 4.69) is 15.5 Å². The number of nitrogens with zero attached hydrogens (tertiary/aromatic N) is 2. The molecule has 78 valence electrons. The molecule has 1 rings (SSSR count). The van der Waals surface area contributed by atoms with Gasteiger partial charge in [-0.05, 0) is 20.3 Å². The van der Waals surface area contributed by atoms with Crippen molar-refractivity contribution >= 4 is 22.4 Å². The van der Waals surface area contributed by atoms with Crippen LogP contribution in [0.25, 0.3) is 0 Å². The molecule has 5 nitrogen and oxygen atoms in total. The zero-order chi connectivity index (χ0) is 10.6. The average molecular weight is 215 g/mol. The number of anilines is 1. The molecule has 1 unspecified atom stereocenters. The van der Waals surface area contributed by atoms with Crippen LogP contribution in [0.4, 0.5) is 5.13 Å². The summed E-state index contributed by atoms with van der Waals surface area (Å²) in [6.07, 6.45) is 0.316. The SMILES string of the molecule is Cc1nnc(NC(=O)CCC(C)O)s1. The average Bonchev–Trinajstić information content (AvgIpc) is 2.48. The maximum absolute atomic E-state index is 11.2. The molecule has 0 saturated heterocycles. The number of amides is 1. The molecule has 0 fully saturated rings. The largest absolute Gasteiger partial charge is 0.393 e. The van der Waals surface area contributed by atoms with Crippen LogP contribution in [0.2, 0.25) is 0 Å². The van der Waals surface area contributed by atoms with Gasteiger partial charge in [-0.1, -0.05) is 11.3 Å². The summed E-state index contributed by atoms with van der Waals surface area (Å²) in [6, 6.07) is 0. The Kier molecular flexibility index (Phi) is 3.97. The molecule has 0 aliphatic carbocycles. The van der Waals surface area contributed by atoms with Gasteiger partial charge in [0.15, 0.2) is 0 Å². The second kappa shape index (κ2) is 5.02. The fraction of sp³-hybridized carbons (Fsp3) is 0.625. The summed E-state index contributed by atoms with van der Waals surface area (Å²) in [6.45, 7) is 3.48. The second-order valence-corrected chi connectivity index (χ2v) is 4.24. The number of rotatable bonds is 4. The van der Waals surface area contributed by atoms with E-state index >= 15 is 0 Å². The molecule has 1 aromatic heterocycles. The third kappa shape index (κ3) is 3.80. The predicted molar refractivity (Wildman–Crippen MR) is 54.2 cm³/mol. The fourth-order valence-corrected chi connectivity index (χ4v) is 1.48. The van der Waals surface area contributed by atoms with E-state index in [1.807, 2.05) is 6.92 Å². The lowest BCUT2D eigenvalue weighted by atomic mass is 10.2. The van der Waals surface area contributed by atoms with Crippen LogP contribution in [0.3, 0.4) is 0 Å². The summed E-state index contributed by atoms with van der Waals surface area (Å²) in [5.74, 6) is -0.137. The Labute approximate surface area is 86.2 Å². The van der Waals surface area contributed by atoms with Crippen LogP contribution >= 0.6 is 11.3 Å². The number of hydrogen-bond acceptors (Lipinski definition) is 5. The molecule has 0 aromatic carbocycles. The quantitative estimate of drug-likeness (QED) is 0.784. The van der Waals surface area contributed by atoms with E-state index in [9.17, 15) is 4.79 Å². The standard InChI is InChI=1S/C8H13N3O2S/c1-5(12)3-4-7(13)9-8-11-10-6(2)14-8/h5,12H,3-4H2,1-2H3,(H,9,11,13). The zero-order valence-electron chi connectivity index (χ0n) is 8.15. The molecule has 14 heavy (non-hydrogen) atoms. The minimum atomic E-state index is -0.447. The van der Waals surface area contributed by atoms with Crippen molar-refractivity contribution in [3.63, 3.8) is 0 Å². The molecule has 0 radical (unpaired) electrons. The lowest BCUT2D eigenvalue weighted by Gasteiger charge is -2.02. The van der Waals surface area contributed by atoms with Gasteiger partial charge in [0.1, 0.15) is 5.01 Å². The van der Waals surface area contributed by atoms with Gasteiger partial charge in [0.2, 0.25) is 11.0 Å². The second-order valence-electron chi connectivity index (χ2n) is 3.06. The summed E-state index contributed by atoms with van der Waals surface area (Å²) in [5, 5.41) is 20.4. The highest BCUT2D eigenvalue weighted by Gasteiger charge is 2.07. The maximum Gasteiger partial charge on any atom is 0.226 e. The van der Waals surface area contributed by atoms with Crippen molar-refractivity contribution in [1.82, 2.24) is 10.2 Å². The van der Waals surface area contributed by atoms with E-state index in [1.54, 1.807) is 6.92 Å². The van der Waals surface area contributed by atoms with E-state index in [4.69, 9.17) is 5.11 Å². The highest BCUT2D eigenvalue weighted by molar-refractivity contribution is 7.15. The molecule has 6 heteroatoms. The molecule has 2 N–H and O–H groups in total. The molecule has 1 amide bonds. The van der Waals surface area contributed by atoms with Gasteiger partial charge in [0.05, 0.1) is 6.10 Å². The number of hydrogen-bond donors (Lipinski definition) is 2. The third-order valence-electron chi connectivity index (χ3n) is 1.56. The number of carbonyl (C=O) groups excluding carboxylic acids is 1. The maximum atomic E-state index is 11.2. The first kappa shape index (κ1) is 11.1. The molecule has 0 spiro atoms. The van der Waals surface area contributed by atoms with E-state index in [0.717, 1.165) is 5.01 Å². The summed E-state index contributed by atoms with van der Waals surface area (Å²) < 4.78 is 0. The summed E-state index contributed by atoms with van der Waals surface area (Å²) in [4.78, 5) is 11.2. The van der Waals surface area contributed by atoms with Gasteiger partial charge < -0.3 is 10.4 Å². The number of nitrogens with one attached hydrogen (secondary N) is 1. The minimum absolute atomic E-state index is 0.137. The van der Waals surface area contributed by atoms with Gasteiger partial charge in [-0.25, -0.2) is 0 Å². The minimum Gasteiger partial charge on any atom is -0.393 e. The molecular weight excluding hydrogens is 202 g/mol. The van der Waals surface area contributed by atoms with Crippen LogP contribution in [-0.4, -0.2) is 27.3 Å². The highest BCUT2D eigenvalue weighted by Crippen LogP contribution is 2.13. The number of aromatic nitrogens is 2. The molecule has 0 aliphatic rings. The first-order chi connectivity index (χ1) is 6.58. The molecule has 1 atom stereocenters. The van der Waals surface area contributed by atoms with Crippen LogP contribution in [0.15, 0.2) is 0 Å². The Balaban J connectivity index is 2.34. The predicted octanol–water partition coefficient (Wildman–Crippen LogP) is 0.946. The first-order valence-electron chi connectivity index (χ1n) is 4.36. The van der Waals surface area contributed by atoms with Crippen molar-refractivity contribution in [3.8, 4) is 0 Å². The normalized spacial score (nSPS) is 12.5. The van der Waals surface area contributed by atoms with Crippen molar-refractivity contribution in [2.75, 3.05) is 5.32 Å². The number of aliphatic hydroxyl groups is 1. The van der Waals surface area contributed by atoms with Crippen molar-refractivity contribution in [3.05, 3.63) is 5.01 Å². The van der Waals surface area contributed by atoms with E-state index in [0.29, 0.717) is 18.0 Å². The van der Waals surface area contributed by atoms with Gasteiger partial charge >= 0.3 is 0 Å². The van der Waals surface area contributed by atoms with Crippen molar-refractivity contribution in [1.29, 1.82) is 0 Å². The van der Waals surface area contributed by atoms with Crippen LogP contribution in [-0.2, 0) is 4.79 Å². The molecular formula is C8H13N3O2S. The van der Waals surface area contributed by atoms with Crippen molar-refractivity contribution < 1.29 is 9.90 Å². The van der Waals surface area contributed by atoms with Gasteiger partial charge in [-0.15, -0.1) is 10.2 Å². The van der Waals surface area contributed by atoms with Crippen molar-refractivity contribution in [2.24, 2.45) is 0 Å². The Morgan fingerprint density at radius 2 is 2.36 bits per heavy atom. The van der Waals surface area contributed by atoms with Gasteiger partial charge in [-0.2, -0.15) is 0 Å². The first-order valence-corrected chi connectivity index (χ1v) is 5.17. The Bertz CT molecular complexity index is 311. The lowest BCUT2D eigenvalue weighted by Crippen LogP contribution is -2.13. The van der Waals surface area contributed by atoms with Crippen LogP contribution in [0, 0.1) is 6.92 Å². The summed E-state index contributed by atoms with van der Waals surface area (Å²) in [5.41, 5.74) is 0. The van der Waals surface area contributed by atoms with E-state index in [1.165, 1.54) is 11.3 Å². The number of carbonyl (C=O) groups is 1. The third-order valence-corrected chi connectivity index (χ3v) is 2.32. The van der Waals surface area contributed by atoms with Crippen LogP contribution in [0.5, 0.6) is 0 Å². The molecule has 0 saturated carbocycles. The number of aryl methyl sites for hydroxylation is 1. The molecule has 1 aromatic rings. The Morgan fingerprint density at radius 1 is 1.64 bits per heavy atom. The molecule has 1 heterocycles. The van der Waals surface area contributed by atoms with E-state index < -0.39 is 6.10 Å². The summed E-state index contributed by atoms with van der Waals surface area (Å²) >= 11 is 1.33. The lowest BCUT2D eigenvalue weighted by molar-refractivity contribution is -0.116. The highest BCUT2D eigenvalue weighted by atomic mass is 32.1. The molecule has 0 aliphatic heterocycles. The van der Waals surface area contributed by atoms with Crippen LogP contribution in [0.1, 0.15) is 24.8 Å². The van der Waals surface area contributed by atoms with Gasteiger partial charge in [-0.3, -0.25) is 4.79 Å². The number of aliphatic hydroxyl groups excluding tert-OH is 1.